The Morgan fingerprint density at radius 3 is 2.46 bits per heavy atom. The Bertz CT molecular complexity index is 1280. The summed E-state index contributed by atoms with van der Waals surface area (Å²) in [5.41, 5.74) is -0.982. The number of aromatic nitrogens is 1. The molecule has 0 unspecified atom stereocenters. The molecule has 5 nitrogen and oxygen atoms in total. The van der Waals surface area contributed by atoms with E-state index in [1.807, 2.05) is 0 Å². The molecule has 182 valence electrons. The van der Waals surface area contributed by atoms with Crippen molar-refractivity contribution in [3.63, 3.8) is 0 Å². The average Bonchev–Trinajstić information content (AvgIpc) is 3.57. The van der Waals surface area contributed by atoms with Gasteiger partial charge in [0.25, 0.3) is 5.91 Å². The molecule has 1 saturated heterocycles. The van der Waals surface area contributed by atoms with E-state index in [2.05, 4.69) is 22.1 Å². The third kappa shape index (κ3) is 4.24. The van der Waals surface area contributed by atoms with E-state index in [0.29, 0.717) is 24.5 Å². The number of halogens is 5. The summed E-state index contributed by atoms with van der Waals surface area (Å²) >= 11 is 0. The predicted molar refractivity (Wildman–Crippen MR) is 114 cm³/mol. The number of benzene rings is 1. The van der Waals surface area contributed by atoms with E-state index in [1.165, 1.54) is 11.1 Å². The van der Waals surface area contributed by atoms with Crippen molar-refractivity contribution in [3.05, 3.63) is 64.5 Å². The zero-order chi connectivity index (χ0) is 25.1. The van der Waals surface area contributed by atoms with Gasteiger partial charge in [-0.1, -0.05) is 11.8 Å². The van der Waals surface area contributed by atoms with Gasteiger partial charge in [0.15, 0.2) is 0 Å². The number of hydrogen-bond acceptors (Lipinski definition) is 3. The maximum absolute atomic E-state index is 14.7. The van der Waals surface area contributed by atoms with Crippen molar-refractivity contribution in [3.8, 4) is 11.8 Å². The van der Waals surface area contributed by atoms with Crippen molar-refractivity contribution in [1.82, 2.24) is 15.2 Å². The maximum Gasteiger partial charge on any atom is 0.419 e. The van der Waals surface area contributed by atoms with Crippen molar-refractivity contribution in [2.24, 2.45) is 11.8 Å². The molecule has 2 amide bonds. The van der Waals surface area contributed by atoms with Gasteiger partial charge in [0.1, 0.15) is 23.7 Å². The summed E-state index contributed by atoms with van der Waals surface area (Å²) in [4.78, 5) is 32.0. The number of rotatable bonds is 5. The summed E-state index contributed by atoms with van der Waals surface area (Å²) in [6.45, 7) is 1.78. The summed E-state index contributed by atoms with van der Waals surface area (Å²) < 4.78 is 67.9. The van der Waals surface area contributed by atoms with Crippen molar-refractivity contribution in [2.75, 3.05) is 0 Å². The number of hydrogen-bond donors (Lipinski definition) is 1. The van der Waals surface area contributed by atoms with E-state index in [0.717, 1.165) is 5.56 Å². The number of carbonyl (C=O) groups excluding carboxylic acids is 2. The van der Waals surface area contributed by atoms with E-state index in [4.69, 9.17) is 0 Å². The number of amides is 2. The molecule has 2 aliphatic carbocycles. The second kappa shape index (κ2) is 8.33. The van der Waals surface area contributed by atoms with Gasteiger partial charge >= 0.3 is 6.18 Å². The van der Waals surface area contributed by atoms with Crippen LogP contribution in [-0.4, -0.2) is 33.8 Å². The number of aryl methyl sites for hydroxylation is 1. The van der Waals surface area contributed by atoms with Crippen molar-refractivity contribution < 1.29 is 31.5 Å². The molecule has 2 heterocycles. The SMILES string of the molecule is Cc1cncc(C(=O)N2[C@@H](C(=O)N[C@@H](c3cc(F)c(C(F)(F)F)cc3F)C3CC3)C[C@H]3C#C[C@H]32)c1. The van der Waals surface area contributed by atoms with Gasteiger partial charge in [-0.2, -0.15) is 13.2 Å². The molecule has 1 saturated carbocycles. The van der Waals surface area contributed by atoms with Gasteiger partial charge in [-0.05, 0) is 55.9 Å². The van der Waals surface area contributed by atoms with Gasteiger partial charge in [-0.15, -0.1) is 0 Å². The van der Waals surface area contributed by atoms with Gasteiger partial charge < -0.3 is 10.2 Å². The molecule has 3 aliphatic rings. The van der Waals surface area contributed by atoms with Crippen LogP contribution in [0.4, 0.5) is 22.0 Å². The first-order valence-corrected chi connectivity index (χ1v) is 11.2. The monoisotopic (exact) mass is 489 g/mol. The summed E-state index contributed by atoms with van der Waals surface area (Å²) in [5, 5.41) is 2.69. The Kier molecular flexibility index (Phi) is 5.54. The highest BCUT2D eigenvalue weighted by molar-refractivity contribution is 5.99. The fourth-order valence-electron chi connectivity index (χ4n) is 4.74. The summed E-state index contributed by atoms with van der Waals surface area (Å²) in [7, 11) is 0. The molecular weight excluding hydrogens is 469 g/mol. The molecule has 1 N–H and O–H groups in total. The quantitative estimate of drug-likeness (QED) is 0.507. The standard InChI is InChI=1S/C25H20F5N3O2/c1-12-6-15(11-31-10-12)24(35)33-20-5-4-14(20)7-21(33)23(34)32-22(13-2-3-13)16-8-19(27)17(9-18(16)26)25(28,29)30/h6,8-11,13-14,20-22H,2-3,7H2,1H3,(H,32,34)/t14-,20-,21-,22-/m1/s1. The van der Waals surface area contributed by atoms with Crippen LogP contribution in [0.3, 0.4) is 0 Å². The molecule has 35 heavy (non-hydrogen) atoms. The zero-order valence-electron chi connectivity index (χ0n) is 18.5. The Hall–Kier alpha value is -3.48. The van der Waals surface area contributed by atoms with Crippen LogP contribution in [0.5, 0.6) is 0 Å². The van der Waals surface area contributed by atoms with E-state index in [-0.39, 0.29) is 29.9 Å². The molecule has 1 aromatic carbocycles. The van der Waals surface area contributed by atoms with Crippen molar-refractivity contribution in [1.29, 1.82) is 0 Å². The van der Waals surface area contributed by atoms with Gasteiger partial charge in [0.2, 0.25) is 5.91 Å². The van der Waals surface area contributed by atoms with Crippen molar-refractivity contribution in [2.45, 2.75) is 50.5 Å². The molecule has 0 radical (unpaired) electrons. The van der Waals surface area contributed by atoms with E-state index < -0.39 is 53.3 Å². The minimum absolute atomic E-state index is 0.121. The first-order chi connectivity index (χ1) is 16.5. The molecule has 2 aromatic rings. The van der Waals surface area contributed by atoms with Crippen LogP contribution in [0.2, 0.25) is 0 Å². The number of alkyl halides is 3. The number of carbonyl (C=O) groups is 2. The Morgan fingerprint density at radius 2 is 1.86 bits per heavy atom. The van der Waals surface area contributed by atoms with Gasteiger partial charge in [0.05, 0.1) is 23.1 Å². The lowest BCUT2D eigenvalue weighted by molar-refractivity contribution is -0.140. The minimum Gasteiger partial charge on any atom is -0.347 e. The zero-order valence-corrected chi connectivity index (χ0v) is 18.5. The molecule has 10 heteroatoms. The van der Waals surface area contributed by atoms with Crippen LogP contribution < -0.4 is 5.32 Å². The number of fused-ring (bicyclic) bond motifs is 1. The van der Waals surface area contributed by atoms with E-state index in [1.54, 1.807) is 19.2 Å². The molecule has 0 bridgehead atoms. The van der Waals surface area contributed by atoms with Gasteiger partial charge in [-0.25, -0.2) is 8.78 Å². The lowest BCUT2D eigenvalue weighted by Crippen LogP contribution is -2.50. The summed E-state index contributed by atoms with van der Waals surface area (Å²) in [5.74, 6) is 1.55. The molecule has 1 aromatic heterocycles. The second-order valence-corrected chi connectivity index (χ2v) is 9.23. The number of likely N-dealkylation sites (tertiary alicyclic amines) is 1. The minimum atomic E-state index is -5.05. The lowest BCUT2D eigenvalue weighted by Gasteiger charge is -2.30. The smallest absolute Gasteiger partial charge is 0.347 e. The van der Waals surface area contributed by atoms with Gasteiger partial charge in [0, 0.05) is 18.0 Å². The third-order valence-electron chi connectivity index (χ3n) is 6.69. The number of nitrogens with one attached hydrogen (secondary N) is 1. The maximum atomic E-state index is 14.7. The lowest BCUT2D eigenvalue weighted by atomic mass is 9.92. The van der Waals surface area contributed by atoms with Crippen LogP contribution in [-0.2, 0) is 11.0 Å². The van der Waals surface area contributed by atoms with Crippen molar-refractivity contribution >= 4 is 11.8 Å². The fourth-order valence-corrected chi connectivity index (χ4v) is 4.74. The Labute approximate surface area is 197 Å². The van der Waals surface area contributed by atoms with Crippen LogP contribution >= 0.6 is 0 Å². The highest BCUT2D eigenvalue weighted by atomic mass is 19.4. The van der Waals surface area contributed by atoms with Crippen LogP contribution in [0.15, 0.2) is 30.6 Å². The highest BCUT2D eigenvalue weighted by Gasteiger charge is 2.50. The molecule has 1 aliphatic heterocycles. The molecular formula is C25H20F5N3O2. The normalized spacial score (nSPS) is 23.6. The largest absolute Gasteiger partial charge is 0.419 e. The average molecular weight is 489 g/mol. The fraction of sp³-hybridized carbons (Fsp3) is 0.400. The summed E-state index contributed by atoms with van der Waals surface area (Å²) in [6, 6.07) is -0.115. The van der Waals surface area contributed by atoms with Crippen LogP contribution in [0.25, 0.3) is 0 Å². The topological polar surface area (TPSA) is 62.3 Å². The van der Waals surface area contributed by atoms with Gasteiger partial charge in [-0.3, -0.25) is 14.6 Å². The van der Waals surface area contributed by atoms with Crippen LogP contribution in [0.1, 0.15) is 52.4 Å². The number of nitrogens with zero attached hydrogens (tertiary/aromatic N) is 2. The Morgan fingerprint density at radius 1 is 1.11 bits per heavy atom. The molecule has 4 atom stereocenters. The highest BCUT2D eigenvalue weighted by Crippen LogP contribution is 2.44. The predicted octanol–water partition coefficient (Wildman–Crippen LogP) is 4.17. The first kappa shape index (κ1) is 23.3. The molecule has 2 fully saturated rings. The molecule has 0 spiro atoms. The first-order valence-electron chi connectivity index (χ1n) is 11.2. The van der Waals surface area contributed by atoms with Crippen LogP contribution in [0, 0.1) is 42.2 Å². The molecule has 5 rings (SSSR count). The Balaban J connectivity index is 1.41. The summed E-state index contributed by atoms with van der Waals surface area (Å²) in [6.07, 6.45) is -0.578. The van der Waals surface area contributed by atoms with E-state index in [9.17, 15) is 31.5 Å². The number of pyridine rings is 1. The third-order valence-corrected chi connectivity index (χ3v) is 6.69. The second-order valence-electron chi connectivity index (χ2n) is 9.23. The van der Waals surface area contributed by atoms with E-state index >= 15 is 0 Å².